The van der Waals surface area contributed by atoms with Crippen molar-refractivity contribution in [3.05, 3.63) is 24.0 Å². The lowest BCUT2D eigenvalue weighted by molar-refractivity contribution is 0.415. The second-order valence-corrected chi connectivity index (χ2v) is 5.78. The van der Waals surface area contributed by atoms with Crippen LogP contribution in [0.25, 0.3) is 11.0 Å². The number of hydrogen-bond donors (Lipinski definition) is 0. The fourth-order valence-corrected chi connectivity index (χ4v) is 2.37. The fourth-order valence-electron chi connectivity index (χ4n) is 2.05. The van der Waals surface area contributed by atoms with Gasteiger partial charge < -0.3 is 9.30 Å². The molecule has 1 heterocycles. The first-order valence-corrected chi connectivity index (χ1v) is 6.66. The van der Waals surface area contributed by atoms with E-state index >= 15 is 0 Å². The summed E-state index contributed by atoms with van der Waals surface area (Å²) in [4.78, 5) is 4.92. The van der Waals surface area contributed by atoms with Gasteiger partial charge in [0, 0.05) is 12.1 Å². The van der Waals surface area contributed by atoms with E-state index in [1.165, 1.54) is 0 Å². The number of fused-ring (bicyclic) bond motifs is 1. The summed E-state index contributed by atoms with van der Waals surface area (Å²) in [5.41, 5.74) is 2.14. The molecule has 0 fully saturated rings. The van der Waals surface area contributed by atoms with E-state index in [9.17, 15) is 0 Å². The van der Waals surface area contributed by atoms with E-state index in [0.29, 0.717) is 6.04 Å². The van der Waals surface area contributed by atoms with Gasteiger partial charge in [-0.2, -0.15) is 0 Å². The maximum Gasteiger partial charge on any atom is 0.123 e. The summed E-state index contributed by atoms with van der Waals surface area (Å²) in [6.07, 6.45) is 0. The van der Waals surface area contributed by atoms with Crippen molar-refractivity contribution in [1.29, 1.82) is 0 Å². The number of ether oxygens (including phenoxy) is 1. The average molecular weight is 297 g/mol. The Bertz CT molecular complexity index is 531. The van der Waals surface area contributed by atoms with Crippen LogP contribution in [-0.2, 0) is 0 Å². The van der Waals surface area contributed by atoms with Gasteiger partial charge in [0.1, 0.15) is 11.6 Å². The molecule has 1 atom stereocenters. The molecule has 1 aromatic carbocycles. The quantitative estimate of drug-likeness (QED) is 0.798. The number of hydrogen-bond acceptors (Lipinski definition) is 2. The summed E-state index contributed by atoms with van der Waals surface area (Å²) in [5.74, 6) is 1.91. The standard InChI is InChI=1S/C13H17BrN2O/c1-8(2)16-12-6-5-10(17-4)7-11(12)15-13(16)9(3)14/h5-9H,1-4H3. The summed E-state index contributed by atoms with van der Waals surface area (Å²) >= 11 is 3.60. The lowest BCUT2D eigenvalue weighted by atomic mass is 10.2. The smallest absolute Gasteiger partial charge is 0.123 e. The van der Waals surface area contributed by atoms with Crippen molar-refractivity contribution in [3.8, 4) is 5.75 Å². The zero-order valence-corrected chi connectivity index (χ0v) is 12.2. The van der Waals surface area contributed by atoms with Gasteiger partial charge in [0.15, 0.2) is 0 Å². The first kappa shape index (κ1) is 12.4. The highest BCUT2D eigenvalue weighted by atomic mass is 79.9. The molecule has 17 heavy (non-hydrogen) atoms. The van der Waals surface area contributed by atoms with E-state index in [4.69, 9.17) is 4.74 Å². The van der Waals surface area contributed by atoms with Gasteiger partial charge in [-0.3, -0.25) is 0 Å². The predicted octanol–water partition coefficient (Wildman–Crippen LogP) is 4.08. The Labute approximate surface area is 110 Å². The number of benzene rings is 1. The van der Waals surface area contributed by atoms with Crippen molar-refractivity contribution >= 4 is 27.0 Å². The van der Waals surface area contributed by atoms with Crippen molar-refractivity contribution in [2.45, 2.75) is 31.6 Å². The molecule has 2 aromatic rings. The molecule has 0 amide bonds. The summed E-state index contributed by atoms with van der Waals surface area (Å²) in [6, 6.07) is 6.42. The number of imidazole rings is 1. The number of nitrogens with zero attached hydrogens (tertiary/aromatic N) is 2. The van der Waals surface area contributed by atoms with Crippen molar-refractivity contribution in [1.82, 2.24) is 9.55 Å². The second kappa shape index (κ2) is 4.69. The van der Waals surface area contributed by atoms with E-state index in [1.807, 2.05) is 12.1 Å². The minimum Gasteiger partial charge on any atom is -0.497 e. The van der Waals surface area contributed by atoms with Crippen molar-refractivity contribution in [2.75, 3.05) is 7.11 Å². The number of rotatable bonds is 3. The number of aromatic nitrogens is 2. The van der Waals surface area contributed by atoms with Crippen LogP contribution in [0.2, 0.25) is 0 Å². The van der Waals surface area contributed by atoms with Gasteiger partial charge >= 0.3 is 0 Å². The number of methoxy groups -OCH3 is 1. The van der Waals surface area contributed by atoms with Gasteiger partial charge in [0.2, 0.25) is 0 Å². The lowest BCUT2D eigenvalue weighted by Gasteiger charge is -2.14. The number of alkyl halides is 1. The van der Waals surface area contributed by atoms with Crippen LogP contribution in [0.1, 0.15) is 37.5 Å². The average Bonchev–Trinajstić information content (AvgIpc) is 2.66. The van der Waals surface area contributed by atoms with Crippen LogP contribution in [0.15, 0.2) is 18.2 Å². The Morgan fingerprint density at radius 2 is 2.00 bits per heavy atom. The molecular formula is C13H17BrN2O. The largest absolute Gasteiger partial charge is 0.497 e. The van der Waals surface area contributed by atoms with Crippen molar-refractivity contribution in [3.63, 3.8) is 0 Å². The predicted molar refractivity (Wildman–Crippen MR) is 74.0 cm³/mol. The Morgan fingerprint density at radius 3 is 2.53 bits per heavy atom. The Kier molecular flexibility index (Phi) is 3.43. The SMILES string of the molecule is COc1ccc2c(c1)nc(C(C)Br)n2C(C)C. The first-order valence-electron chi connectivity index (χ1n) is 5.74. The van der Waals surface area contributed by atoms with Gasteiger partial charge in [-0.15, -0.1) is 0 Å². The van der Waals surface area contributed by atoms with Crippen LogP contribution >= 0.6 is 15.9 Å². The number of halogens is 1. The molecule has 0 saturated heterocycles. The Hall–Kier alpha value is -1.03. The van der Waals surface area contributed by atoms with Crippen LogP contribution in [0.5, 0.6) is 5.75 Å². The van der Waals surface area contributed by atoms with Crippen LogP contribution < -0.4 is 4.74 Å². The molecule has 0 saturated carbocycles. The molecule has 0 spiro atoms. The van der Waals surface area contributed by atoms with Crippen LogP contribution in [0.4, 0.5) is 0 Å². The van der Waals surface area contributed by atoms with Gasteiger partial charge in [0.05, 0.1) is 23.0 Å². The Morgan fingerprint density at radius 1 is 1.29 bits per heavy atom. The molecule has 0 aliphatic heterocycles. The third-order valence-electron chi connectivity index (χ3n) is 2.80. The highest BCUT2D eigenvalue weighted by molar-refractivity contribution is 9.09. The van der Waals surface area contributed by atoms with Crippen LogP contribution in [-0.4, -0.2) is 16.7 Å². The molecule has 0 aliphatic carbocycles. The molecule has 0 radical (unpaired) electrons. The maximum atomic E-state index is 5.23. The molecule has 3 nitrogen and oxygen atoms in total. The van der Waals surface area contributed by atoms with Crippen LogP contribution in [0, 0.1) is 0 Å². The molecule has 2 rings (SSSR count). The molecule has 0 aliphatic rings. The monoisotopic (exact) mass is 296 g/mol. The fraction of sp³-hybridized carbons (Fsp3) is 0.462. The summed E-state index contributed by atoms with van der Waals surface area (Å²) in [5, 5.41) is 0. The normalized spacial score (nSPS) is 13.3. The van der Waals surface area contributed by atoms with Crippen LogP contribution in [0.3, 0.4) is 0 Å². The molecule has 0 N–H and O–H groups in total. The van der Waals surface area contributed by atoms with Gasteiger partial charge in [-0.1, -0.05) is 15.9 Å². The second-order valence-electron chi connectivity index (χ2n) is 4.40. The van der Waals surface area contributed by atoms with E-state index in [1.54, 1.807) is 7.11 Å². The highest BCUT2D eigenvalue weighted by Gasteiger charge is 2.16. The molecular weight excluding hydrogens is 280 g/mol. The minimum absolute atomic E-state index is 0.239. The molecule has 0 bridgehead atoms. The highest BCUT2D eigenvalue weighted by Crippen LogP contribution is 2.30. The zero-order valence-electron chi connectivity index (χ0n) is 10.6. The summed E-state index contributed by atoms with van der Waals surface area (Å²) in [7, 11) is 1.68. The van der Waals surface area contributed by atoms with Crippen molar-refractivity contribution < 1.29 is 4.74 Å². The van der Waals surface area contributed by atoms with Gasteiger partial charge in [0.25, 0.3) is 0 Å². The molecule has 1 aromatic heterocycles. The van der Waals surface area contributed by atoms with E-state index in [-0.39, 0.29) is 4.83 Å². The summed E-state index contributed by atoms with van der Waals surface area (Å²) < 4.78 is 7.49. The first-order chi connectivity index (χ1) is 8.04. The maximum absolute atomic E-state index is 5.23. The van der Waals surface area contributed by atoms with E-state index in [2.05, 4.69) is 52.3 Å². The van der Waals surface area contributed by atoms with Crippen molar-refractivity contribution in [2.24, 2.45) is 0 Å². The zero-order chi connectivity index (χ0) is 12.6. The minimum atomic E-state index is 0.239. The van der Waals surface area contributed by atoms with E-state index < -0.39 is 0 Å². The molecule has 4 heteroatoms. The lowest BCUT2D eigenvalue weighted by Crippen LogP contribution is -2.06. The third-order valence-corrected chi connectivity index (χ3v) is 3.21. The summed E-state index contributed by atoms with van der Waals surface area (Å²) in [6.45, 7) is 6.44. The Balaban J connectivity index is 2.70. The molecule has 1 unspecified atom stereocenters. The van der Waals surface area contributed by atoms with Gasteiger partial charge in [-0.25, -0.2) is 4.98 Å². The molecule has 92 valence electrons. The topological polar surface area (TPSA) is 27.1 Å². The third kappa shape index (κ3) is 2.18. The van der Waals surface area contributed by atoms with E-state index in [0.717, 1.165) is 22.6 Å². The van der Waals surface area contributed by atoms with Gasteiger partial charge in [-0.05, 0) is 32.9 Å².